The van der Waals surface area contributed by atoms with Gasteiger partial charge >= 0.3 is 5.97 Å². The van der Waals surface area contributed by atoms with Crippen molar-refractivity contribution in [2.45, 2.75) is 5.92 Å². The second-order valence-corrected chi connectivity index (χ2v) is 4.14. The van der Waals surface area contributed by atoms with Gasteiger partial charge in [0.1, 0.15) is 5.82 Å². The van der Waals surface area contributed by atoms with Crippen LogP contribution >= 0.6 is 27.5 Å². The lowest BCUT2D eigenvalue weighted by atomic mass is 9.99. The standard InChI is InChI=1S/C9H8BrClFNO2/c10-5-1-2-6(11)7(8(5)12)4(3-13)9(14)15/h1-2,4H,3,13H2,(H,14,15). The van der Waals surface area contributed by atoms with Crippen LogP contribution in [-0.4, -0.2) is 17.6 Å². The fraction of sp³-hybridized carbons (Fsp3) is 0.222. The molecule has 0 aliphatic heterocycles. The summed E-state index contributed by atoms with van der Waals surface area (Å²) in [7, 11) is 0. The Morgan fingerprint density at radius 1 is 1.67 bits per heavy atom. The Morgan fingerprint density at radius 3 is 2.73 bits per heavy atom. The molecular weight excluding hydrogens is 288 g/mol. The monoisotopic (exact) mass is 295 g/mol. The van der Waals surface area contributed by atoms with Crippen LogP contribution in [-0.2, 0) is 4.79 Å². The van der Waals surface area contributed by atoms with Gasteiger partial charge in [-0.2, -0.15) is 0 Å². The molecule has 3 nitrogen and oxygen atoms in total. The van der Waals surface area contributed by atoms with Crippen molar-refractivity contribution < 1.29 is 14.3 Å². The number of carboxylic acid groups (broad SMARTS) is 1. The highest BCUT2D eigenvalue weighted by Gasteiger charge is 2.25. The van der Waals surface area contributed by atoms with Gasteiger partial charge in [-0.1, -0.05) is 11.6 Å². The van der Waals surface area contributed by atoms with E-state index in [4.69, 9.17) is 22.4 Å². The lowest BCUT2D eigenvalue weighted by Gasteiger charge is -2.13. The number of aliphatic carboxylic acids is 1. The molecule has 1 atom stereocenters. The third-order valence-electron chi connectivity index (χ3n) is 1.96. The second kappa shape index (κ2) is 4.92. The zero-order valence-corrected chi connectivity index (χ0v) is 9.85. The van der Waals surface area contributed by atoms with Gasteiger partial charge in [0.15, 0.2) is 0 Å². The Balaban J connectivity index is 3.34. The normalized spacial score (nSPS) is 12.5. The first-order chi connectivity index (χ1) is 6.99. The fourth-order valence-electron chi connectivity index (χ4n) is 1.20. The minimum atomic E-state index is -1.20. The van der Waals surface area contributed by atoms with Crippen molar-refractivity contribution in [3.05, 3.63) is 33.0 Å². The summed E-state index contributed by atoms with van der Waals surface area (Å²) in [5.74, 6) is -3.01. The third kappa shape index (κ3) is 2.48. The van der Waals surface area contributed by atoms with E-state index in [9.17, 15) is 9.18 Å². The molecule has 0 saturated heterocycles. The average molecular weight is 297 g/mol. The van der Waals surface area contributed by atoms with Crippen LogP contribution in [0.15, 0.2) is 16.6 Å². The largest absolute Gasteiger partial charge is 0.481 e. The van der Waals surface area contributed by atoms with E-state index in [1.165, 1.54) is 12.1 Å². The van der Waals surface area contributed by atoms with Crippen molar-refractivity contribution in [1.29, 1.82) is 0 Å². The molecule has 1 aromatic carbocycles. The SMILES string of the molecule is NCC(C(=O)O)c1c(Cl)ccc(Br)c1F. The highest BCUT2D eigenvalue weighted by Crippen LogP contribution is 2.31. The number of halogens is 3. The van der Waals surface area contributed by atoms with Crippen LogP contribution in [0, 0.1) is 5.82 Å². The summed E-state index contributed by atoms with van der Waals surface area (Å²) in [4.78, 5) is 10.8. The Bertz CT molecular complexity index is 400. The zero-order chi connectivity index (χ0) is 11.6. The van der Waals surface area contributed by atoms with Gasteiger partial charge in [0.25, 0.3) is 0 Å². The highest BCUT2D eigenvalue weighted by atomic mass is 79.9. The predicted molar refractivity (Wildman–Crippen MR) is 58.5 cm³/mol. The molecule has 3 N–H and O–H groups in total. The molecule has 0 aliphatic carbocycles. The van der Waals surface area contributed by atoms with Crippen LogP contribution < -0.4 is 5.73 Å². The predicted octanol–water partition coefficient (Wildman–Crippen LogP) is 2.37. The van der Waals surface area contributed by atoms with Crippen molar-refractivity contribution in [3.8, 4) is 0 Å². The van der Waals surface area contributed by atoms with E-state index in [0.29, 0.717) is 0 Å². The van der Waals surface area contributed by atoms with E-state index < -0.39 is 17.7 Å². The Morgan fingerprint density at radius 2 is 2.27 bits per heavy atom. The van der Waals surface area contributed by atoms with Crippen molar-refractivity contribution in [3.63, 3.8) is 0 Å². The van der Waals surface area contributed by atoms with Crippen LogP contribution in [0.2, 0.25) is 5.02 Å². The molecule has 0 radical (unpaired) electrons. The second-order valence-electron chi connectivity index (χ2n) is 2.88. The number of carbonyl (C=O) groups is 1. The number of nitrogens with two attached hydrogens (primary N) is 1. The summed E-state index contributed by atoms with van der Waals surface area (Å²) in [6.45, 7) is -0.206. The molecule has 82 valence electrons. The summed E-state index contributed by atoms with van der Waals surface area (Å²) in [6.07, 6.45) is 0. The van der Waals surface area contributed by atoms with E-state index >= 15 is 0 Å². The minimum Gasteiger partial charge on any atom is -0.481 e. The van der Waals surface area contributed by atoms with Gasteiger partial charge in [0, 0.05) is 17.1 Å². The molecule has 0 amide bonds. The number of benzene rings is 1. The maximum absolute atomic E-state index is 13.6. The molecule has 0 spiro atoms. The van der Waals surface area contributed by atoms with Gasteiger partial charge in [-0.15, -0.1) is 0 Å². The van der Waals surface area contributed by atoms with Crippen LogP contribution in [0.25, 0.3) is 0 Å². The summed E-state index contributed by atoms with van der Waals surface area (Å²) in [6, 6.07) is 2.84. The summed E-state index contributed by atoms with van der Waals surface area (Å²) in [5, 5.41) is 8.91. The number of carboxylic acids is 1. The Kier molecular flexibility index (Phi) is 4.07. The Labute approximate surface area is 99.2 Å². The van der Waals surface area contributed by atoms with Gasteiger partial charge in [-0.25, -0.2) is 4.39 Å². The molecule has 0 saturated carbocycles. The van der Waals surface area contributed by atoms with Gasteiger partial charge in [-0.05, 0) is 28.1 Å². The molecule has 0 bridgehead atoms. The van der Waals surface area contributed by atoms with Gasteiger partial charge < -0.3 is 10.8 Å². The van der Waals surface area contributed by atoms with Gasteiger partial charge in [0.2, 0.25) is 0 Å². The lowest BCUT2D eigenvalue weighted by molar-refractivity contribution is -0.138. The van der Waals surface area contributed by atoms with E-state index in [-0.39, 0.29) is 21.6 Å². The highest BCUT2D eigenvalue weighted by molar-refractivity contribution is 9.10. The smallest absolute Gasteiger partial charge is 0.312 e. The van der Waals surface area contributed by atoms with Crippen LogP contribution in [0.1, 0.15) is 11.5 Å². The first-order valence-corrected chi connectivity index (χ1v) is 5.22. The topological polar surface area (TPSA) is 63.3 Å². The maximum Gasteiger partial charge on any atom is 0.312 e. The van der Waals surface area contributed by atoms with Crippen molar-refractivity contribution >= 4 is 33.5 Å². The van der Waals surface area contributed by atoms with E-state index in [2.05, 4.69) is 15.9 Å². The van der Waals surface area contributed by atoms with E-state index in [1.54, 1.807) is 0 Å². The molecule has 0 aliphatic rings. The molecule has 0 aromatic heterocycles. The summed E-state index contributed by atoms with van der Waals surface area (Å²) in [5.41, 5.74) is 5.19. The first-order valence-electron chi connectivity index (χ1n) is 4.05. The molecule has 6 heteroatoms. The number of hydrogen-bond acceptors (Lipinski definition) is 2. The van der Waals surface area contributed by atoms with Crippen LogP contribution in [0.4, 0.5) is 4.39 Å². The van der Waals surface area contributed by atoms with Crippen LogP contribution in [0.5, 0.6) is 0 Å². The van der Waals surface area contributed by atoms with Gasteiger partial charge in [-0.3, -0.25) is 4.79 Å². The van der Waals surface area contributed by atoms with E-state index in [0.717, 1.165) is 0 Å². The summed E-state index contributed by atoms with van der Waals surface area (Å²) < 4.78 is 13.8. The fourth-order valence-corrected chi connectivity index (χ4v) is 1.83. The average Bonchev–Trinajstić information content (AvgIpc) is 2.18. The molecule has 1 unspecified atom stereocenters. The van der Waals surface area contributed by atoms with Crippen LogP contribution in [0.3, 0.4) is 0 Å². The quantitative estimate of drug-likeness (QED) is 0.842. The van der Waals surface area contributed by atoms with E-state index in [1.807, 2.05) is 0 Å². The van der Waals surface area contributed by atoms with Crippen molar-refractivity contribution in [1.82, 2.24) is 0 Å². The first kappa shape index (κ1) is 12.4. The minimum absolute atomic E-state index is 0.0635. The van der Waals surface area contributed by atoms with Gasteiger partial charge in [0.05, 0.1) is 10.4 Å². The molecule has 15 heavy (non-hydrogen) atoms. The zero-order valence-electron chi connectivity index (χ0n) is 7.51. The molecule has 1 aromatic rings. The lowest BCUT2D eigenvalue weighted by Crippen LogP contribution is -2.22. The molecule has 0 fully saturated rings. The number of rotatable bonds is 3. The maximum atomic E-state index is 13.6. The Hall–Kier alpha value is -0.650. The van der Waals surface area contributed by atoms with Crippen molar-refractivity contribution in [2.24, 2.45) is 5.73 Å². The molecular formula is C9H8BrClFNO2. The number of hydrogen-bond donors (Lipinski definition) is 2. The van der Waals surface area contributed by atoms with Crippen molar-refractivity contribution in [2.75, 3.05) is 6.54 Å². The summed E-state index contributed by atoms with van der Waals surface area (Å²) >= 11 is 8.70. The molecule has 1 rings (SSSR count). The molecule has 0 heterocycles. The third-order valence-corrected chi connectivity index (χ3v) is 2.90.